The molecule has 1 aromatic rings. The van der Waals surface area contributed by atoms with E-state index in [2.05, 4.69) is 33.2 Å². The summed E-state index contributed by atoms with van der Waals surface area (Å²) >= 11 is 0. The fourth-order valence-corrected chi connectivity index (χ4v) is 1.32. The average Bonchev–Trinajstić information content (AvgIpc) is 2.19. The van der Waals surface area contributed by atoms with Crippen LogP contribution in [-0.2, 0) is 6.42 Å². The van der Waals surface area contributed by atoms with E-state index >= 15 is 0 Å². The molecule has 2 nitrogen and oxygen atoms in total. The highest BCUT2D eigenvalue weighted by atomic mass is 16.5. The molecule has 14 heavy (non-hydrogen) atoms. The first-order valence-electron chi connectivity index (χ1n) is 5.06. The van der Waals surface area contributed by atoms with Crippen LogP contribution in [-0.4, -0.2) is 27.2 Å². The smallest absolute Gasteiger partial charge is 0.118 e. The lowest BCUT2D eigenvalue weighted by atomic mass is 10.1. The molecule has 0 aliphatic carbocycles. The number of rotatable bonds is 4. The van der Waals surface area contributed by atoms with Gasteiger partial charge in [-0.3, -0.25) is 0 Å². The zero-order valence-electron chi connectivity index (χ0n) is 9.50. The maximum atomic E-state index is 5.12. The molecule has 0 amide bonds. The third-order valence-electron chi connectivity index (χ3n) is 2.69. The molecule has 0 aliphatic rings. The highest BCUT2D eigenvalue weighted by Crippen LogP contribution is 2.11. The molecular weight excluding hydrogens is 174 g/mol. The molecule has 2 heteroatoms. The number of hydrogen-bond acceptors (Lipinski definition) is 1. The summed E-state index contributed by atoms with van der Waals surface area (Å²) in [5, 5.41) is 0. The van der Waals surface area contributed by atoms with Crippen LogP contribution in [0.15, 0.2) is 24.3 Å². The van der Waals surface area contributed by atoms with Gasteiger partial charge < -0.3 is 9.64 Å². The first-order chi connectivity index (χ1) is 6.63. The maximum absolute atomic E-state index is 5.12. The zero-order chi connectivity index (χ0) is 10.6. The molecule has 0 spiro atoms. The van der Waals surface area contributed by atoms with E-state index in [9.17, 15) is 0 Å². The van der Waals surface area contributed by atoms with Crippen molar-refractivity contribution in [2.24, 2.45) is 0 Å². The van der Waals surface area contributed by atoms with Crippen LogP contribution in [0.2, 0.25) is 0 Å². The Bertz CT molecular complexity index is 266. The highest BCUT2D eigenvalue weighted by Gasteiger charge is 2.08. The summed E-state index contributed by atoms with van der Waals surface area (Å²) < 4.78 is 5.12. The Labute approximate surface area is 86.5 Å². The van der Waals surface area contributed by atoms with Crippen LogP contribution in [0, 0.1) is 0 Å². The van der Waals surface area contributed by atoms with Gasteiger partial charge in [0.1, 0.15) is 5.75 Å². The van der Waals surface area contributed by atoms with Crippen molar-refractivity contribution in [3.05, 3.63) is 29.8 Å². The summed E-state index contributed by atoms with van der Waals surface area (Å²) in [4.78, 5) is 1.49. The standard InChI is InChI=1S/C12H19NO/c1-10(13(2)3)9-11-5-7-12(14-4)8-6-11/h5-8,10H,9H2,1-4H3/p+1/t10-/m1/s1. The molecule has 0 heterocycles. The quantitative estimate of drug-likeness (QED) is 0.747. The van der Waals surface area contributed by atoms with E-state index in [1.165, 1.54) is 10.5 Å². The van der Waals surface area contributed by atoms with Crippen LogP contribution in [0.5, 0.6) is 5.75 Å². The number of hydrogen-bond donors (Lipinski definition) is 1. The lowest BCUT2D eigenvalue weighted by Crippen LogP contribution is -3.09. The minimum atomic E-state index is 0.656. The SMILES string of the molecule is COc1ccc(C[C@@H](C)[NH+](C)C)cc1. The van der Waals surface area contributed by atoms with Gasteiger partial charge in [-0.25, -0.2) is 0 Å². The fraction of sp³-hybridized carbons (Fsp3) is 0.500. The number of benzene rings is 1. The molecule has 0 unspecified atom stereocenters. The largest absolute Gasteiger partial charge is 0.497 e. The Kier molecular flexibility index (Phi) is 3.96. The van der Waals surface area contributed by atoms with Crippen molar-refractivity contribution in [2.45, 2.75) is 19.4 Å². The molecule has 78 valence electrons. The molecule has 1 atom stereocenters. The Morgan fingerprint density at radius 2 is 1.79 bits per heavy atom. The van der Waals surface area contributed by atoms with E-state index in [1.54, 1.807) is 7.11 Å². The second kappa shape index (κ2) is 5.01. The summed E-state index contributed by atoms with van der Waals surface area (Å²) in [7, 11) is 6.07. The van der Waals surface area contributed by atoms with Gasteiger partial charge in [-0.2, -0.15) is 0 Å². The Hall–Kier alpha value is -1.02. The number of nitrogens with one attached hydrogen (secondary N) is 1. The molecule has 1 N–H and O–H groups in total. The van der Waals surface area contributed by atoms with E-state index in [0.717, 1.165) is 12.2 Å². The van der Waals surface area contributed by atoms with Gasteiger partial charge in [-0.1, -0.05) is 12.1 Å². The van der Waals surface area contributed by atoms with Gasteiger partial charge in [-0.05, 0) is 24.6 Å². The first-order valence-corrected chi connectivity index (χ1v) is 5.06. The van der Waals surface area contributed by atoms with E-state index in [0.29, 0.717) is 6.04 Å². The molecule has 0 aromatic heterocycles. The highest BCUT2D eigenvalue weighted by molar-refractivity contribution is 5.27. The van der Waals surface area contributed by atoms with E-state index in [-0.39, 0.29) is 0 Å². The fourth-order valence-electron chi connectivity index (χ4n) is 1.32. The minimum absolute atomic E-state index is 0.656. The summed E-state index contributed by atoms with van der Waals surface area (Å²) in [5.74, 6) is 0.929. The topological polar surface area (TPSA) is 13.7 Å². The normalized spacial score (nSPS) is 12.9. The van der Waals surface area contributed by atoms with Crippen LogP contribution < -0.4 is 9.64 Å². The van der Waals surface area contributed by atoms with Gasteiger partial charge in [-0.15, -0.1) is 0 Å². The number of quaternary nitrogens is 1. The predicted octanol–water partition coefficient (Wildman–Crippen LogP) is 0.771. The Morgan fingerprint density at radius 1 is 1.21 bits per heavy atom. The van der Waals surface area contributed by atoms with Gasteiger partial charge in [0, 0.05) is 6.42 Å². The first kappa shape index (κ1) is 11.1. The van der Waals surface area contributed by atoms with Crippen LogP contribution in [0.1, 0.15) is 12.5 Å². The van der Waals surface area contributed by atoms with Crippen molar-refractivity contribution >= 4 is 0 Å². The Balaban J connectivity index is 2.59. The molecule has 0 aliphatic heterocycles. The molecule has 1 rings (SSSR count). The van der Waals surface area contributed by atoms with Gasteiger partial charge in [0.2, 0.25) is 0 Å². The lowest BCUT2D eigenvalue weighted by Gasteiger charge is -2.16. The second-order valence-corrected chi connectivity index (χ2v) is 4.03. The second-order valence-electron chi connectivity index (χ2n) is 4.03. The number of methoxy groups -OCH3 is 1. The summed E-state index contributed by atoms with van der Waals surface area (Å²) in [6.07, 6.45) is 1.12. The monoisotopic (exact) mass is 194 g/mol. The molecule has 0 radical (unpaired) electrons. The maximum Gasteiger partial charge on any atom is 0.118 e. The molecule has 0 saturated heterocycles. The van der Waals surface area contributed by atoms with Gasteiger partial charge in [0.15, 0.2) is 0 Å². The van der Waals surface area contributed by atoms with Crippen LogP contribution in [0.4, 0.5) is 0 Å². The summed E-state index contributed by atoms with van der Waals surface area (Å²) in [6, 6.07) is 8.97. The molecule has 0 saturated carbocycles. The van der Waals surface area contributed by atoms with Crippen molar-refractivity contribution in [2.75, 3.05) is 21.2 Å². The van der Waals surface area contributed by atoms with Crippen molar-refractivity contribution in [3.8, 4) is 5.75 Å². The third-order valence-corrected chi connectivity index (χ3v) is 2.69. The summed E-state index contributed by atoms with van der Waals surface area (Å²) in [6.45, 7) is 2.26. The van der Waals surface area contributed by atoms with Crippen LogP contribution in [0.25, 0.3) is 0 Å². The van der Waals surface area contributed by atoms with Crippen molar-refractivity contribution in [3.63, 3.8) is 0 Å². The molecular formula is C12H20NO+. The summed E-state index contributed by atoms with van der Waals surface area (Å²) in [5.41, 5.74) is 1.37. The minimum Gasteiger partial charge on any atom is -0.497 e. The third kappa shape index (κ3) is 3.04. The van der Waals surface area contributed by atoms with E-state index in [4.69, 9.17) is 4.74 Å². The van der Waals surface area contributed by atoms with Crippen molar-refractivity contribution in [1.82, 2.24) is 0 Å². The van der Waals surface area contributed by atoms with Gasteiger partial charge in [0.05, 0.1) is 27.2 Å². The average molecular weight is 194 g/mol. The molecule has 0 bridgehead atoms. The van der Waals surface area contributed by atoms with Crippen molar-refractivity contribution < 1.29 is 9.64 Å². The van der Waals surface area contributed by atoms with Crippen LogP contribution in [0.3, 0.4) is 0 Å². The lowest BCUT2D eigenvalue weighted by molar-refractivity contribution is -0.883. The van der Waals surface area contributed by atoms with Gasteiger partial charge >= 0.3 is 0 Å². The van der Waals surface area contributed by atoms with Crippen molar-refractivity contribution in [1.29, 1.82) is 0 Å². The number of ether oxygens (including phenoxy) is 1. The molecule has 0 fully saturated rings. The Morgan fingerprint density at radius 3 is 2.21 bits per heavy atom. The zero-order valence-corrected chi connectivity index (χ0v) is 9.50. The number of likely N-dealkylation sites (N-methyl/N-ethyl adjacent to an activating group) is 1. The van der Waals surface area contributed by atoms with Crippen LogP contribution >= 0.6 is 0 Å². The predicted molar refractivity (Wildman–Crippen MR) is 59.0 cm³/mol. The van der Waals surface area contributed by atoms with Gasteiger partial charge in [0.25, 0.3) is 0 Å². The molecule has 1 aromatic carbocycles. The van der Waals surface area contributed by atoms with E-state index in [1.807, 2.05) is 12.1 Å². The van der Waals surface area contributed by atoms with E-state index < -0.39 is 0 Å².